The fourth-order valence-electron chi connectivity index (χ4n) is 4.37. The van der Waals surface area contributed by atoms with Crippen molar-refractivity contribution in [2.45, 2.75) is 36.8 Å². The van der Waals surface area contributed by atoms with E-state index in [0.29, 0.717) is 28.9 Å². The number of aromatic nitrogens is 2. The van der Waals surface area contributed by atoms with Gasteiger partial charge in [-0.25, -0.2) is 4.39 Å². The first kappa shape index (κ1) is 23.0. The van der Waals surface area contributed by atoms with E-state index in [4.69, 9.17) is 21.5 Å². The van der Waals surface area contributed by atoms with E-state index in [2.05, 4.69) is 50.9 Å². The van der Waals surface area contributed by atoms with Gasteiger partial charge in [0.25, 0.3) is 5.89 Å². The minimum atomic E-state index is -0.311. The standard InChI is InChI=1S/C25H25FN4O2S2/c1-15-21(24-28-23(29-32-24)17-5-9-18(26)10-6-17)22(16-7-11-20(34-2)12-8-16)27-25(33)30(15)14-19-4-3-13-31-19/h5-12,19,22H,3-4,13-14H2,1-2H3,(H,27,33). The maximum absolute atomic E-state index is 13.4. The lowest BCUT2D eigenvalue weighted by atomic mass is 9.94. The number of thioether (sulfide) groups is 1. The normalized spacial score (nSPS) is 20.7. The maximum atomic E-state index is 13.4. The molecule has 2 atom stereocenters. The fourth-order valence-corrected chi connectivity index (χ4v) is 5.10. The number of hydrogen-bond acceptors (Lipinski definition) is 6. The molecule has 5 rings (SSSR count). The van der Waals surface area contributed by atoms with Gasteiger partial charge in [-0.1, -0.05) is 17.3 Å². The zero-order chi connectivity index (χ0) is 23.7. The number of hydrogen-bond donors (Lipinski definition) is 1. The largest absolute Gasteiger partial charge is 0.376 e. The van der Waals surface area contributed by atoms with Crippen molar-refractivity contribution in [1.82, 2.24) is 20.4 Å². The summed E-state index contributed by atoms with van der Waals surface area (Å²) in [6.45, 7) is 3.48. The van der Waals surface area contributed by atoms with E-state index in [-0.39, 0.29) is 18.0 Å². The molecule has 0 bridgehead atoms. The molecule has 1 N–H and O–H groups in total. The average molecular weight is 497 g/mol. The van der Waals surface area contributed by atoms with Gasteiger partial charge in [0, 0.05) is 22.8 Å². The Kier molecular flexibility index (Phi) is 6.67. The van der Waals surface area contributed by atoms with Crippen molar-refractivity contribution < 1.29 is 13.7 Å². The second kappa shape index (κ2) is 9.85. The van der Waals surface area contributed by atoms with Crippen LogP contribution in [0.25, 0.3) is 17.0 Å². The molecule has 1 saturated heterocycles. The van der Waals surface area contributed by atoms with Crippen LogP contribution >= 0.6 is 24.0 Å². The van der Waals surface area contributed by atoms with Gasteiger partial charge in [0.05, 0.1) is 24.3 Å². The Labute approximate surface area is 207 Å². The van der Waals surface area contributed by atoms with Gasteiger partial charge in [0.15, 0.2) is 5.11 Å². The van der Waals surface area contributed by atoms with Gasteiger partial charge in [0.2, 0.25) is 5.82 Å². The second-order valence-electron chi connectivity index (χ2n) is 8.33. The van der Waals surface area contributed by atoms with E-state index < -0.39 is 0 Å². The number of ether oxygens (including phenoxy) is 1. The van der Waals surface area contributed by atoms with Crippen LogP contribution in [0.5, 0.6) is 0 Å². The fraction of sp³-hybridized carbons (Fsp3) is 0.320. The molecule has 0 aliphatic carbocycles. The van der Waals surface area contributed by atoms with Gasteiger partial charge in [0.1, 0.15) is 5.82 Å². The first-order valence-electron chi connectivity index (χ1n) is 11.2. The second-order valence-corrected chi connectivity index (χ2v) is 9.60. The SMILES string of the molecule is CSc1ccc(C2NC(=S)N(CC3CCCO3)C(C)=C2c2nc(-c3ccc(F)cc3)no2)cc1. The zero-order valence-electron chi connectivity index (χ0n) is 19.0. The lowest BCUT2D eigenvalue weighted by molar-refractivity contribution is 0.0962. The van der Waals surface area contributed by atoms with Crippen LogP contribution in [-0.2, 0) is 4.74 Å². The minimum Gasteiger partial charge on any atom is -0.376 e. The van der Waals surface area contributed by atoms with Crippen molar-refractivity contribution in [2.75, 3.05) is 19.4 Å². The summed E-state index contributed by atoms with van der Waals surface area (Å²) in [7, 11) is 0. The molecule has 2 aliphatic rings. The summed E-state index contributed by atoms with van der Waals surface area (Å²) < 4.78 is 25.0. The van der Waals surface area contributed by atoms with Crippen molar-refractivity contribution in [2.24, 2.45) is 0 Å². The minimum absolute atomic E-state index is 0.130. The van der Waals surface area contributed by atoms with E-state index >= 15 is 0 Å². The van der Waals surface area contributed by atoms with E-state index in [9.17, 15) is 4.39 Å². The molecule has 0 spiro atoms. The predicted molar refractivity (Wildman–Crippen MR) is 135 cm³/mol. The first-order chi connectivity index (χ1) is 16.5. The van der Waals surface area contributed by atoms with Crippen LogP contribution in [-0.4, -0.2) is 45.7 Å². The third-order valence-electron chi connectivity index (χ3n) is 6.21. The van der Waals surface area contributed by atoms with E-state index in [1.54, 1.807) is 23.9 Å². The van der Waals surface area contributed by atoms with Crippen molar-refractivity contribution in [3.05, 3.63) is 71.5 Å². The van der Waals surface area contributed by atoms with Crippen LogP contribution in [0.2, 0.25) is 0 Å². The Morgan fingerprint density at radius 2 is 1.94 bits per heavy atom. The van der Waals surface area contributed by atoms with Crippen molar-refractivity contribution in [3.8, 4) is 11.4 Å². The quantitative estimate of drug-likeness (QED) is 0.358. The molecule has 0 amide bonds. The number of thiocarbonyl (C=S) groups is 1. The highest BCUT2D eigenvalue weighted by atomic mass is 32.2. The number of allylic oxidation sites excluding steroid dienone is 1. The van der Waals surface area contributed by atoms with Crippen molar-refractivity contribution in [3.63, 3.8) is 0 Å². The summed E-state index contributed by atoms with van der Waals surface area (Å²) in [5.74, 6) is 0.503. The van der Waals surface area contributed by atoms with Gasteiger partial charge in [-0.05, 0) is 80.2 Å². The predicted octanol–water partition coefficient (Wildman–Crippen LogP) is 5.44. The van der Waals surface area contributed by atoms with Crippen LogP contribution in [0.15, 0.2) is 63.6 Å². The molecular formula is C25H25FN4O2S2. The highest BCUT2D eigenvalue weighted by Gasteiger charge is 2.35. The van der Waals surface area contributed by atoms with Crippen molar-refractivity contribution >= 4 is 34.7 Å². The molecule has 2 aliphatic heterocycles. The molecule has 3 heterocycles. The Morgan fingerprint density at radius 3 is 2.62 bits per heavy atom. The van der Waals surface area contributed by atoms with Gasteiger partial charge in [-0.3, -0.25) is 0 Å². The lowest BCUT2D eigenvalue weighted by Gasteiger charge is -2.38. The monoisotopic (exact) mass is 496 g/mol. The van der Waals surface area contributed by atoms with Gasteiger partial charge < -0.3 is 19.5 Å². The maximum Gasteiger partial charge on any atom is 0.258 e. The molecular weight excluding hydrogens is 471 g/mol. The molecule has 1 fully saturated rings. The molecule has 2 aromatic carbocycles. The molecule has 176 valence electrons. The Balaban J connectivity index is 1.55. The molecule has 9 heteroatoms. The number of halogens is 1. The van der Waals surface area contributed by atoms with Crippen molar-refractivity contribution in [1.29, 1.82) is 0 Å². The van der Waals surface area contributed by atoms with E-state index in [1.807, 2.05) is 6.92 Å². The molecule has 1 aromatic heterocycles. The summed E-state index contributed by atoms with van der Waals surface area (Å²) in [6, 6.07) is 14.2. The van der Waals surface area contributed by atoms with E-state index in [0.717, 1.165) is 36.3 Å². The Bertz CT molecular complexity index is 1200. The molecule has 34 heavy (non-hydrogen) atoms. The highest BCUT2D eigenvalue weighted by Crippen LogP contribution is 2.38. The Hall–Kier alpha value is -2.75. The summed E-state index contributed by atoms with van der Waals surface area (Å²) in [6.07, 6.45) is 4.25. The third-order valence-corrected chi connectivity index (χ3v) is 7.30. The number of rotatable bonds is 6. The smallest absolute Gasteiger partial charge is 0.258 e. The summed E-state index contributed by atoms with van der Waals surface area (Å²) in [5.41, 5.74) is 3.55. The molecule has 0 radical (unpaired) electrons. The highest BCUT2D eigenvalue weighted by molar-refractivity contribution is 7.98. The summed E-state index contributed by atoms with van der Waals surface area (Å²) in [5, 5.41) is 8.32. The number of benzene rings is 2. The number of nitrogens with one attached hydrogen (secondary N) is 1. The lowest BCUT2D eigenvalue weighted by Crippen LogP contribution is -2.48. The van der Waals surface area contributed by atoms with Crippen LogP contribution < -0.4 is 5.32 Å². The first-order valence-corrected chi connectivity index (χ1v) is 12.8. The topological polar surface area (TPSA) is 63.4 Å². The third kappa shape index (κ3) is 4.60. The average Bonchev–Trinajstić information content (AvgIpc) is 3.54. The van der Waals surface area contributed by atoms with Gasteiger partial charge in [-0.2, -0.15) is 4.98 Å². The molecule has 6 nitrogen and oxygen atoms in total. The van der Waals surface area contributed by atoms with Crippen LogP contribution in [0.4, 0.5) is 4.39 Å². The van der Waals surface area contributed by atoms with Crippen LogP contribution in [0.3, 0.4) is 0 Å². The zero-order valence-corrected chi connectivity index (χ0v) is 20.6. The van der Waals surface area contributed by atoms with E-state index in [1.165, 1.54) is 17.0 Å². The van der Waals surface area contributed by atoms with Crippen LogP contribution in [0.1, 0.15) is 37.3 Å². The molecule has 3 aromatic rings. The van der Waals surface area contributed by atoms with Gasteiger partial charge in [-0.15, -0.1) is 11.8 Å². The summed E-state index contributed by atoms with van der Waals surface area (Å²) in [4.78, 5) is 7.93. The molecule has 2 unspecified atom stereocenters. The summed E-state index contributed by atoms with van der Waals surface area (Å²) >= 11 is 7.47. The Morgan fingerprint density at radius 1 is 1.18 bits per heavy atom. The van der Waals surface area contributed by atoms with Gasteiger partial charge >= 0.3 is 0 Å². The van der Waals surface area contributed by atoms with Crippen LogP contribution in [0, 0.1) is 5.82 Å². The molecule has 0 saturated carbocycles. The number of nitrogens with zero attached hydrogens (tertiary/aromatic N) is 3.